The van der Waals surface area contributed by atoms with Gasteiger partial charge in [-0.3, -0.25) is 0 Å². The highest BCUT2D eigenvalue weighted by molar-refractivity contribution is 6.17. The van der Waals surface area contributed by atoms with Gasteiger partial charge in [0, 0.05) is 12.1 Å². The van der Waals surface area contributed by atoms with E-state index in [0.717, 1.165) is 16.8 Å². The summed E-state index contributed by atoms with van der Waals surface area (Å²) >= 11 is 5.75. The number of rotatable bonds is 2. The van der Waals surface area contributed by atoms with Gasteiger partial charge < -0.3 is 0 Å². The molecule has 1 aromatic heterocycles. The first-order chi connectivity index (χ1) is 7.20. The Kier molecular flexibility index (Phi) is 2.73. The summed E-state index contributed by atoms with van der Waals surface area (Å²) in [5.74, 6) is -0.00953. The minimum absolute atomic E-state index is 0.270. The molecular weight excluding hydrogens is 215 g/mol. The van der Waals surface area contributed by atoms with Crippen molar-refractivity contribution < 1.29 is 4.39 Å². The van der Waals surface area contributed by atoms with Crippen LogP contribution in [0.15, 0.2) is 30.6 Å². The molecule has 0 N–H and O–H groups in total. The van der Waals surface area contributed by atoms with E-state index in [1.807, 2.05) is 13.1 Å². The van der Waals surface area contributed by atoms with Gasteiger partial charge in [0.15, 0.2) is 0 Å². The number of alkyl halides is 1. The molecule has 15 heavy (non-hydrogen) atoms. The van der Waals surface area contributed by atoms with Crippen LogP contribution in [0.1, 0.15) is 11.1 Å². The van der Waals surface area contributed by atoms with Crippen molar-refractivity contribution >= 4 is 11.6 Å². The van der Waals surface area contributed by atoms with Crippen LogP contribution in [0.4, 0.5) is 4.39 Å². The minimum Gasteiger partial charge on any atom is -0.240 e. The van der Waals surface area contributed by atoms with Gasteiger partial charge in [-0.25, -0.2) is 9.07 Å². The van der Waals surface area contributed by atoms with Gasteiger partial charge in [0.2, 0.25) is 0 Å². The van der Waals surface area contributed by atoms with Crippen LogP contribution in [0.3, 0.4) is 0 Å². The van der Waals surface area contributed by atoms with E-state index < -0.39 is 0 Å². The number of nitrogens with zero attached hydrogens (tertiary/aromatic N) is 2. The topological polar surface area (TPSA) is 17.8 Å². The van der Waals surface area contributed by atoms with Gasteiger partial charge in [-0.2, -0.15) is 5.10 Å². The smallest absolute Gasteiger partial charge is 0.123 e. The predicted molar refractivity (Wildman–Crippen MR) is 57.8 cm³/mol. The third-order valence-corrected chi connectivity index (χ3v) is 2.43. The van der Waals surface area contributed by atoms with Gasteiger partial charge >= 0.3 is 0 Å². The maximum absolute atomic E-state index is 13.0. The van der Waals surface area contributed by atoms with E-state index >= 15 is 0 Å². The number of benzene rings is 1. The lowest BCUT2D eigenvalue weighted by atomic mass is 10.2. The maximum atomic E-state index is 13.0. The first-order valence-corrected chi connectivity index (χ1v) is 5.10. The number of aryl methyl sites for hydroxylation is 1. The van der Waals surface area contributed by atoms with Gasteiger partial charge in [-0.1, -0.05) is 0 Å². The minimum atomic E-state index is -0.279. The van der Waals surface area contributed by atoms with E-state index in [-0.39, 0.29) is 11.7 Å². The SMILES string of the molecule is Cc1cnn(-c2ccc(F)cc2CCl)c1. The van der Waals surface area contributed by atoms with Gasteiger partial charge in [0.05, 0.1) is 11.9 Å². The van der Waals surface area contributed by atoms with Gasteiger partial charge in [0.1, 0.15) is 5.82 Å². The number of aromatic nitrogens is 2. The quantitative estimate of drug-likeness (QED) is 0.717. The summed E-state index contributed by atoms with van der Waals surface area (Å²) in [5, 5.41) is 4.16. The van der Waals surface area contributed by atoms with Gasteiger partial charge in [-0.15, -0.1) is 11.6 Å². The maximum Gasteiger partial charge on any atom is 0.123 e. The van der Waals surface area contributed by atoms with Crippen molar-refractivity contribution in [3.05, 3.63) is 47.5 Å². The second kappa shape index (κ2) is 4.03. The molecule has 1 heterocycles. The molecule has 78 valence electrons. The Balaban J connectivity index is 2.52. The first kappa shape index (κ1) is 10.2. The van der Waals surface area contributed by atoms with Crippen LogP contribution in [-0.4, -0.2) is 9.78 Å². The fourth-order valence-corrected chi connectivity index (χ4v) is 1.64. The van der Waals surface area contributed by atoms with Crippen LogP contribution in [-0.2, 0) is 5.88 Å². The van der Waals surface area contributed by atoms with Crippen molar-refractivity contribution in [2.75, 3.05) is 0 Å². The van der Waals surface area contributed by atoms with Crippen LogP contribution in [0, 0.1) is 12.7 Å². The average molecular weight is 225 g/mol. The van der Waals surface area contributed by atoms with Crippen LogP contribution in [0.5, 0.6) is 0 Å². The van der Waals surface area contributed by atoms with Crippen molar-refractivity contribution in [3.63, 3.8) is 0 Å². The highest BCUT2D eigenvalue weighted by Crippen LogP contribution is 2.17. The Morgan fingerprint density at radius 3 is 2.87 bits per heavy atom. The second-order valence-electron chi connectivity index (χ2n) is 3.37. The molecule has 0 aliphatic heterocycles. The standard InChI is InChI=1S/C11H10ClFN2/c1-8-6-14-15(7-8)11-3-2-10(13)4-9(11)5-12/h2-4,6-7H,5H2,1H3. The third kappa shape index (κ3) is 2.02. The molecule has 2 aromatic rings. The lowest BCUT2D eigenvalue weighted by molar-refractivity contribution is 0.625. The molecule has 0 atom stereocenters. The Morgan fingerprint density at radius 2 is 2.27 bits per heavy atom. The zero-order chi connectivity index (χ0) is 10.8. The third-order valence-electron chi connectivity index (χ3n) is 2.14. The van der Waals surface area contributed by atoms with Crippen molar-refractivity contribution in [1.82, 2.24) is 9.78 Å². The molecule has 0 aliphatic carbocycles. The molecule has 0 bridgehead atoms. The molecule has 0 amide bonds. The van der Waals surface area contributed by atoms with Crippen molar-refractivity contribution in [2.45, 2.75) is 12.8 Å². The summed E-state index contributed by atoms with van der Waals surface area (Å²) in [6.45, 7) is 1.95. The van der Waals surface area contributed by atoms with Gasteiger partial charge in [-0.05, 0) is 36.2 Å². The van der Waals surface area contributed by atoms with Crippen LogP contribution in [0.25, 0.3) is 5.69 Å². The van der Waals surface area contributed by atoms with E-state index in [9.17, 15) is 4.39 Å². The largest absolute Gasteiger partial charge is 0.240 e. The van der Waals surface area contributed by atoms with E-state index in [4.69, 9.17) is 11.6 Å². The summed E-state index contributed by atoms with van der Waals surface area (Å²) in [5.41, 5.74) is 2.61. The lowest BCUT2D eigenvalue weighted by Crippen LogP contribution is -1.99. The van der Waals surface area contributed by atoms with E-state index in [0.29, 0.717) is 0 Å². The molecule has 0 radical (unpaired) electrons. The number of hydrogen-bond acceptors (Lipinski definition) is 1. The predicted octanol–water partition coefficient (Wildman–Crippen LogP) is 3.06. The fraction of sp³-hybridized carbons (Fsp3) is 0.182. The van der Waals surface area contributed by atoms with E-state index in [1.165, 1.54) is 12.1 Å². The Hall–Kier alpha value is -1.35. The Morgan fingerprint density at radius 1 is 1.47 bits per heavy atom. The molecule has 0 unspecified atom stereocenters. The Labute approximate surface area is 92.3 Å². The number of hydrogen-bond donors (Lipinski definition) is 0. The monoisotopic (exact) mass is 224 g/mol. The molecule has 0 fully saturated rings. The summed E-state index contributed by atoms with van der Waals surface area (Å²) in [4.78, 5) is 0. The zero-order valence-electron chi connectivity index (χ0n) is 8.24. The first-order valence-electron chi connectivity index (χ1n) is 4.57. The zero-order valence-corrected chi connectivity index (χ0v) is 9.00. The normalized spacial score (nSPS) is 10.6. The lowest BCUT2D eigenvalue weighted by Gasteiger charge is -2.06. The van der Waals surface area contributed by atoms with Crippen molar-refractivity contribution in [3.8, 4) is 5.69 Å². The molecule has 1 aromatic carbocycles. The summed E-state index contributed by atoms with van der Waals surface area (Å²) in [6.07, 6.45) is 3.63. The summed E-state index contributed by atoms with van der Waals surface area (Å²) in [6, 6.07) is 4.52. The van der Waals surface area contributed by atoms with Crippen molar-refractivity contribution in [2.24, 2.45) is 0 Å². The van der Waals surface area contributed by atoms with Crippen LogP contribution >= 0.6 is 11.6 Å². The van der Waals surface area contributed by atoms with E-state index in [1.54, 1.807) is 16.9 Å². The molecule has 0 saturated heterocycles. The fourth-order valence-electron chi connectivity index (χ4n) is 1.43. The average Bonchev–Trinajstić information content (AvgIpc) is 2.64. The summed E-state index contributed by atoms with van der Waals surface area (Å²) in [7, 11) is 0. The summed E-state index contributed by atoms with van der Waals surface area (Å²) < 4.78 is 14.7. The molecule has 2 rings (SSSR count). The van der Waals surface area contributed by atoms with Gasteiger partial charge in [0.25, 0.3) is 0 Å². The highest BCUT2D eigenvalue weighted by atomic mass is 35.5. The molecular formula is C11H10ClFN2. The number of halogens is 2. The molecule has 4 heteroatoms. The molecule has 2 nitrogen and oxygen atoms in total. The molecule has 0 saturated carbocycles. The molecule has 0 spiro atoms. The Bertz CT molecular complexity index is 479. The van der Waals surface area contributed by atoms with Crippen LogP contribution in [0.2, 0.25) is 0 Å². The van der Waals surface area contributed by atoms with Crippen molar-refractivity contribution in [1.29, 1.82) is 0 Å². The molecule has 0 aliphatic rings. The second-order valence-corrected chi connectivity index (χ2v) is 3.64. The highest BCUT2D eigenvalue weighted by Gasteiger charge is 2.06. The van der Waals surface area contributed by atoms with E-state index in [2.05, 4.69) is 5.10 Å². The van der Waals surface area contributed by atoms with Crippen LogP contribution < -0.4 is 0 Å².